The van der Waals surface area contributed by atoms with Crippen molar-refractivity contribution in [3.8, 4) is 11.4 Å². The highest BCUT2D eigenvalue weighted by Crippen LogP contribution is 2.25. The highest BCUT2D eigenvalue weighted by molar-refractivity contribution is 6.30. The van der Waals surface area contributed by atoms with Crippen LogP contribution in [0.25, 0.3) is 5.69 Å². The van der Waals surface area contributed by atoms with Crippen LogP contribution >= 0.6 is 11.6 Å². The fourth-order valence-electron chi connectivity index (χ4n) is 1.36. The highest BCUT2D eigenvalue weighted by Gasteiger charge is 2.06. The van der Waals surface area contributed by atoms with E-state index >= 15 is 0 Å². The van der Waals surface area contributed by atoms with Crippen molar-refractivity contribution in [3.63, 3.8) is 0 Å². The first-order valence-corrected chi connectivity index (χ1v) is 5.11. The molecular formula is C11H11ClN2O. The quantitative estimate of drug-likeness (QED) is 0.799. The molecule has 0 bridgehead atoms. The minimum absolute atomic E-state index is 0.621. The fraction of sp³-hybridized carbons (Fsp3) is 0.182. The van der Waals surface area contributed by atoms with Gasteiger partial charge in [-0.1, -0.05) is 11.6 Å². The Morgan fingerprint density at radius 2 is 2.33 bits per heavy atom. The van der Waals surface area contributed by atoms with E-state index in [1.165, 1.54) is 0 Å². The molecule has 0 amide bonds. The number of ether oxygens (including phenoxy) is 1. The molecule has 2 rings (SSSR count). The summed E-state index contributed by atoms with van der Waals surface area (Å²) in [4.78, 5) is 0. The van der Waals surface area contributed by atoms with Crippen LogP contribution in [0.3, 0.4) is 0 Å². The second kappa shape index (κ2) is 4.36. The van der Waals surface area contributed by atoms with Crippen molar-refractivity contribution >= 4 is 11.6 Å². The predicted octanol–water partition coefficient (Wildman–Crippen LogP) is 2.92. The van der Waals surface area contributed by atoms with Crippen LogP contribution in [-0.2, 0) is 0 Å². The van der Waals surface area contributed by atoms with E-state index in [4.69, 9.17) is 16.3 Å². The van der Waals surface area contributed by atoms with Crippen LogP contribution in [0.5, 0.6) is 5.75 Å². The van der Waals surface area contributed by atoms with Gasteiger partial charge in [-0.25, -0.2) is 4.68 Å². The first-order valence-electron chi connectivity index (χ1n) is 4.73. The number of aromatic nitrogens is 2. The summed E-state index contributed by atoms with van der Waals surface area (Å²) in [5.41, 5.74) is 0.856. The van der Waals surface area contributed by atoms with E-state index in [9.17, 15) is 0 Å². The van der Waals surface area contributed by atoms with E-state index in [0.717, 1.165) is 11.4 Å². The minimum Gasteiger partial charge on any atom is -0.492 e. The van der Waals surface area contributed by atoms with Gasteiger partial charge >= 0.3 is 0 Å². The molecule has 0 radical (unpaired) electrons. The van der Waals surface area contributed by atoms with E-state index in [2.05, 4.69) is 5.10 Å². The van der Waals surface area contributed by atoms with Gasteiger partial charge in [-0.15, -0.1) is 0 Å². The zero-order valence-electron chi connectivity index (χ0n) is 8.35. The topological polar surface area (TPSA) is 27.1 Å². The van der Waals surface area contributed by atoms with Gasteiger partial charge in [0, 0.05) is 17.4 Å². The minimum atomic E-state index is 0.621. The highest BCUT2D eigenvalue weighted by atomic mass is 35.5. The maximum absolute atomic E-state index is 5.94. The second-order valence-corrected chi connectivity index (χ2v) is 3.43. The van der Waals surface area contributed by atoms with Gasteiger partial charge in [0.2, 0.25) is 0 Å². The number of nitrogens with zero attached hydrogens (tertiary/aromatic N) is 2. The number of benzene rings is 1. The van der Waals surface area contributed by atoms with Gasteiger partial charge < -0.3 is 4.74 Å². The van der Waals surface area contributed by atoms with Crippen molar-refractivity contribution in [2.24, 2.45) is 0 Å². The molecule has 0 spiro atoms. The number of rotatable bonds is 3. The smallest absolute Gasteiger partial charge is 0.145 e. The molecule has 0 saturated carbocycles. The number of halogens is 1. The van der Waals surface area contributed by atoms with Crippen LogP contribution in [0.4, 0.5) is 0 Å². The molecule has 0 aliphatic heterocycles. The van der Waals surface area contributed by atoms with E-state index in [0.29, 0.717) is 11.6 Å². The lowest BCUT2D eigenvalue weighted by atomic mass is 10.3. The first-order chi connectivity index (χ1) is 7.31. The molecule has 0 N–H and O–H groups in total. The van der Waals surface area contributed by atoms with Crippen molar-refractivity contribution in [3.05, 3.63) is 41.7 Å². The van der Waals surface area contributed by atoms with Gasteiger partial charge in [-0.3, -0.25) is 0 Å². The summed E-state index contributed by atoms with van der Waals surface area (Å²) in [7, 11) is 0. The summed E-state index contributed by atoms with van der Waals surface area (Å²) in [6.07, 6.45) is 3.57. The maximum atomic E-state index is 5.94. The first kappa shape index (κ1) is 10.1. The molecule has 1 heterocycles. The predicted molar refractivity (Wildman–Crippen MR) is 59.7 cm³/mol. The van der Waals surface area contributed by atoms with Crippen LogP contribution in [0.2, 0.25) is 5.02 Å². The summed E-state index contributed by atoms with van der Waals surface area (Å²) in [5.74, 6) is 0.783. The third kappa shape index (κ3) is 2.13. The molecule has 0 atom stereocenters. The van der Waals surface area contributed by atoms with Gasteiger partial charge in [0.25, 0.3) is 0 Å². The normalized spacial score (nSPS) is 10.3. The van der Waals surface area contributed by atoms with Gasteiger partial charge in [-0.2, -0.15) is 5.10 Å². The summed E-state index contributed by atoms with van der Waals surface area (Å²) >= 11 is 5.94. The molecule has 0 unspecified atom stereocenters. The van der Waals surface area contributed by atoms with E-state index in [1.54, 1.807) is 16.9 Å². The number of hydrogen-bond donors (Lipinski definition) is 0. The van der Waals surface area contributed by atoms with Crippen molar-refractivity contribution in [1.82, 2.24) is 9.78 Å². The van der Waals surface area contributed by atoms with Gasteiger partial charge in [-0.05, 0) is 31.2 Å². The summed E-state index contributed by atoms with van der Waals surface area (Å²) in [5, 5.41) is 4.82. The van der Waals surface area contributed by atoms with Crippen LogP contribution < -0.4 is 4.74 Å². The molecular weight excluding hydrogens is 212 g/mol. The van der Waals surface area contributed by atoms with Crippen molar-refractivity contribution in [1.29, 1.82) is 0 Å². The van der Waals surface area contributed by atoms with Crippen LogP contribution in [0, 0.1) is 0 Å². The molecule has 0 aliphatic rings. The Morgan fingerprint density at radius 3 is 3.00 bits per heavy atom. The Kier molecular flexibility index (Phi) is 2.92. The molecule has 0 aliphatic carbocycles. The SMILES string of the molecule is CCOc1ccc(Cl)cc1-n1cccn1. The van der Waals surface area contributed by atoms with E-state index < -0.39 is 0 Å². The van der Waals surface area contributed by atoms with Crippen molar-refractivity contribution < 1.29 is 4.74 Å². The van der Waals surface area contributed by atoms with Crippen molar-refractivity contribution in [2.75, 3.05) is 6.61 Å². The largest absolute Gasteiger partial charge is 0.492 e. The summed E-state index contributed by atoms with van der Waals surface area (Å²) in [6, 6.07) is 7.35. The lowest BCUT2D eigenvalue weighted by Gasteiger charge is -2.10. The lowest BCUT2D eigenvalue weighted by molar-refractivity contribution is 0.338. The Morgan fingerprint density at radius 1 is 1.47 bits per heavy atom. The fourth-order valence-corrected chi connectivity index (χ4v) is 1.52. The van der Waals surface area contributed by atoms with Crippen LogP contribution in [0.15, 0.2) is 36.7 Å². The van der Waals surface area contributed by atoms with Crippen molar-refractivity contribution in [2.45, 2.75) is 6.92 Å². The maximum Gasteiger partial charge on any atom is 0.145 e. The third-order valence-electron chi connectivity index (χ3n) is 1.97. The average Bonchev–Trinajstić information content (AvgIpc) is 2.74. The molecule has 15 heavy (non-hydrogen) atoms. The molecule has 3 nitrogen and oxygen atoms in total. The van der Waals surface area contributed by atoms with Crippen LogP contribution in [0.1, 0.15) is 6.92 Å². The molecule has 1 aromatic heterocycles. The summed E-state index contributed by atoms with van der Waals surface area (Å²) < 4.78 is 7.23. The Hall–Kier alpha value is -1.48. The molecule has 4 heteroatoms. The van der Waals surface area contributed by atoms with E-state index in [-0.39, 0.29) is 0 Å². The Bertz CT molecular complexity index is 440. The zero-order valence-corrected chi connectivity index (χ0v) is 9.11. The van der Waals surface area contributed by atoms with E-state index in [1.807, 2.05) is 31.3 Å². The standard InChI is InChI=1S/C11H11ClN2O/c1-2-15-11-5-4-9(12)8-10(11)14-7-3-6-13-14/h3-8H,2H2,1H3. The summed E-state index contributed by atoms with van der Waals surface area (Å²) in [6.45, 7) is 2.57. The zero-order chi connectivity index (χ0) is 10.7. The lowest BCUT2D eigenvalue weighted by Crippen LogP contribution is -2.00. The number of hydrogen-bond acceptors (Lipinski definition) is 2. The average molecular weight is 223 g/mol. The van der Waals surface area contributed by atoms with Gasteiger partial charge in [0.15, 0.2) is 0 Å². The van der Waals surface area contributed by atoms with Crippen LogP contribution in [-0.4, -0.2) is 16.4 Å². The molecule has 2 aromatic rings. The second-order valence-electron chi connectivity index (χ2n) is 3.00. The Labute approximate surface area is 93.2 Å². The monoisotopic (exact) mass is 222 g/mol. The van der Waals surface area contributed by atoms with Gasteiger partial charge in [0.1, 0.15) is 11.4 Å². The molecule has 0 fully saturated rings. The molecule has 78 valence electrons. The van der Waals surface area contributed by atoms with Gasteiger partial charge in [0.05, 0.1) is 6.61 Å². The third-order valence-corrected chi connectivity index (χ3v) is 2.21. The Balaban J connectivity index is 2.47. The molecule has 1 aromatic carbocycles. The molecule has 0 saturated heterocycles.